The predicted molar refractivity (Wildman–Crippen MR) is 102 cm³/mol. The largest absolute Gasteiger partial charge is 0.463 e. The molecule has 1 heterocycles. The minimum atomic E-state index is -0.569. The predicted octanol–water partition coefficient (Wildman–Crippen LogP) is 3.20. The van der Waals surface area contributed by atoms with Crippen molar-refractivity contribution in [3.05, 3.63) is 46.1 Å². The lowest BCUT2D eigenvalue weighted by Crippen LogP contribution is -2.49. The number of carbonyl (C=O) groups is 2. The van der Waals surface area contributed by atoms with E-state index in [0.29, 0.717) is 22.8 Å². The molecule has 2 rings (SSSR count). The van der Waals surface area contributed by atoms with Gasteiger partial charge in [-0.2, -0.15) is 0 Å². The average molecular weight is 380 g/mol. The highest BCUT2D eigenvalue weighted by atomic mass is 35.5. The summed E-state index contributed by atoms with van der Waals surface area (Å²) in [6, 6.07) is 6.29. The van der Waals surface area contributed by atoms with E-state index in [4.69, 9.17) is 16.3 Å². The lowest BCUT2D eigenvalue weighted by Gasteiger charge is -2.36. The smallest absolute Gasteiger partial charge is 0.338 e. The number of urea groups is 1. The molecule has 0 bridgehead atoms. The van der Waals surface area contributed by atoms with Crippen LogP contribution in [0, 0.1) is 0 Å². The Morgan fingerprint density at radius 3 is 2.38 bits per heavy atom. The molecule has 2 amide bonds. The highest BCUT2D eigenvalue weighted by Crippen LogP contribution is 2.31. The number of ether oxygens (including phenoxy) is 1. The summed E-state index contributed by atoms with van der Waals surface area (Å²) in [5, 5.41) is 3.49. The molecule has 1 atom stereocenters. The monoisotopic (exact) mass is 379 g/mol. The van der Waals surface area contributed by atoms with Gasteiger partial charge in [-0.05, 0) is 37.7 Å². The molecule has 0 saturated carbocycles. The summed E-state index contributed by atoms with van der Waals surface area (Å²) in [4.78, 5) is 28.9. The number of esters is 1. The van der Waals surface area contributed by atoms with E-state index < -0.39 is 12.0 Å². The van der Waals surface area contributed by atoms with Gasteiger partial charge < -0.3 is 10.1 Å². The number of halogens is 1. The van der Waals surface area contributed by atoms with Crippen LogP contribution >= 0.6 is 11.6 Å². The van der Waals surface area contributed by atoms with Crippen LogP contribution in [0.2, 0.25) is 5.02 Å². The lowest BCUT2D eigenvalue weighted by atomic mass is 9.94. The summed E-state index contributed by atoms with van der Waals surface area (Å²) < 4.78 is 5.30. The van der Waals surface area contributed by atoms with Gasteiger partial charge in [0.25, 0.3) is 0 Å². The quantitative estimate of drug-likeness (QED) is 0.739. The van der Waals surface area contributed by atoms with Crippen LogP contribution in [-0.4, -0.2) is 55.1 Å². The van der Waals surface area contributed by atoms with E-state index in [0.717, 1.165) is 18.7 Å². The summed E-state index contributed by atoms with van der Waals surface area (Å²) in [5.74, 6) is -0.415. The van der Waals surface area contributed by atoms with E-state index in [1.807, 2.05) is 26.0 Å². The van der Waals surface area contributed by atoms with E-state index in [9.17, 15) is 9.59 Å². The number of nitrogens with one attached hydrogen (secondary N) is 1. The standard InChI is InChI=1S/C19H26ClN3O3/c1-5-23(6-2)12-15-16(18(24)26-7-3)17(21-19(25)22(15)4)13-8-10-14(20)11-9-13/h8-11,17H,5-7,12H2,1-4H3,(H,21,25). The molecular formula is C19H26ClN3O3. The zero-order chi connectivity index (χ0) is 19.3. The normalized spacial score (nSPS) is 17.5. The summed E-state index contributed by atoms with van der Waals surface area (Å²) >= 11 is 5.98. The molecule has 142 valence electrons. The lowest BCUT2D eigenvalue weighted by molar-refractivity contribution is -0.139. The number of likely N-dealkylation sites (N-methyl/N-ethyl adjacent to an activating group) is 2. The Labute approximate surface area is 159 Å². The van der Waals surface area contributed by atoms with Crippen LogP contribution in [0.4, 0.5) is 4.79 Å². The second-order valence-corrected chi connectivity index (χ2v) is 6.47. The fourth-order valence-corrected chi connectivity index (χ4v) is 3.09. The molecule has 0 saturated heterocycles. The number of benzene rings is 1. The van der Waals surface area contributed by atoms with Crippen molar-refractivity contribution in [2.75, 3.05) is 33.3 Å². The van der Waals surface area contributed by atoms with Gasteiger partial charge in [0.1, 0.15) is 0 Å². The average Bonchev–Trinajstić information content (AvgIpc) is 2.63. The molecular weight excluding hydrogens is 354 g/mol. The van der Waals surface area contributed by atoms with E-state index >= 15 is 0 Å². The number of amides is 2. The van der Waals surface area contributed by atoms with Crippen LogP contribution in [-0.2, 0) is 9.53 Å². The van der Waals surface area contributed by atoms with E-state index in [1.165, 1.54) is 4.90 Å². The highest BCUT2D eigenvalue weighted by molar-refractivity contribution is 6.30. The Morgan fingerprint density at radius 2 is 1.85 bits per heavy atom. The second-order valence-electron chi connectivity index (χ2n) is 6.04. The number of rotatable bonds is 7. The van der Waals surface area contributed by atoms with Crippen LogP contribution < -0.4 is 5.32 Å². The Hall–Kier alpha value is -2.05. The molecule has 0 spiro atoms. The number of hydrogen-bond acceptors (Lipinski definition) is 4. The SMILES string of the molecule is CCOC(=O)C1=C(CN(CC)CC)N(C)C(=O)NC1c1ccc(Cl)cc1. The first-order valence-electron chi connectivity index (χ1n) is 8.85. The fourth-order valence-electron chi connectivity index (χ4n) is 2.96. The maximum atomic E-state index is 12.8. The third-order valence-corrected chi connectivity index (χ3v) is 4.80. The Balaban J connectivity index is 2.56. The zero-order valence-corrected chi connectivity index (χ0v) is 16.5. The molecule has 1 aromatic carbocycles. The van der Waals surface area contributed by atoms with Crippen LogP contribution in [0.5, 0.6) is 0 Å². The maximum Gasteiger partial charge on any atom is 0.338 e. The van der Waals surface area contributed by atoms with Gasteiger partial charge in [0, 0.05) is 24.3 Å². The minimum absolute atomic E-state index is 0.250. The molecule has 0 fully saturated rings. The molecule has 1 N–H and O–H groups in total. The third kappa shape index (κ3) is 4.37. The van der Waals surface area contributed by atoms with Gasteiger partial charge >= 0.3 is 12.0 Å². The molecule has 0 aliphatic carbocycles. The molecule has 1 aliphatic rings. The van der Waals surface area contributed by atoms with E-state index in [-0.39, 0.29) is 12.6 Å². The van der Waals surface area contributed by atoms with Gasteiger partial charge in [0.15, 0.2) is 0 Å². The van der Waals surface area contributed by atoms with Gasteiger partial charge in [0.2, 0.25) is 0 Å². The topological polar surface area (TPSA) is 61.9 Å². The van der Waals surface area contributed by atoms with Gasteiger partial charge in [0.05, 0.1) is 18.2 Å². The molecule has 7 heteroatoms. The van der Waals surface area contributed by atoms with Crippen LogP contribution in [0.25, 0.3) is 0 Å². The second kappa shape index (κ2) is 9.05. The van der Waals surface area contributed by atoms with Crippen LogP contribution in [0.3, 0.4) is 0 Å². The first-order valence-corrected chi connectivity index (χ1v) is 9.22. The van der Waals surface area contributed by atoms with Gasteiger partial charge in [-0.15, -0.1) is 0 Å². The molecule has 1 unspecified atom stereocenters. The van der Waals surface area contributed by atoms with E-state index in [1.54, 1.807) is 26.1 Å². The molecule has 6 nitrogen and oxygen atoms in total. The summed E-state index contributed by atoms with van der Waals surface area (Å²) in [7, 11) is 1.67. The maximum absolute atomic E-state index is 12.8. The van der Waals surface area contributed by atoms with Gasteiger partial charge in [-0.3, -0.25) is 9.80 Å². The highest BCUT2D eigenvalue weighted by Gasteiger charge is 2.37. The van der Waals surface area contributed by atoms with Crippen molar-refractivity contribution in [1.82, 2.24) is 15.1 Å². The van der Waals surface area contributed by atoms with Crippen molar-refractivity contribution in [2.45, 2.75) is 26.8 Å². The number of hydrogen-bond donors (Lipinski definition) is 1. The molecule has 1 aromatic rings. The van der Waals surface area contributed by atoms with Crippen molar-refractivity contribution < 1.29 is 14.3 Å². The first-order chi connectivity index (χ1) is 12.4. The van der Waals surface area contributed by atoms with Crippen molar-refractivity contribution in [3.63, 3.8) is 0 Å². The van der Waals surface area contributed by atoms with Crippen LogP contribution in [0.15, 0.2) is 35.5 Å². The third-order valence-electron chi connectivity index (χ3n) is 4.54. The van der Waals surface area contributed by atoms with Gasteiger partial charge in [-0.25, -0.2) is 9.59 Å². The summed E-state index contributed by atoms with van der Waals surface area (Å²) in [5.41, 5.74) is 1.91. The Kier molecular flexibility index (Phi) is 7.06. The van der Waals surface area contributed by atoms with E-state index in [2.05, 4.69) is 10.2 Å². The zero-order valence-electron chi connectivity index (χ0n) is 15.7. The summed E-state index contributed by atoms with van der Waals surface area (Å²) in [6.07, 6.45) is 0. The van der Waals surface area contributed by atoms with Crippen LogP contribution in [0.1, 0.15) is 32.4 Å². The van der Waals surface area contributed by atoms with Crippen molar-refractivity contribution >= 4 is 23.6 Å². The Morgan fingerprint density at radius 1 is 1.23 bits per heavy atom. The first kappa shape index (κ1) is 20.3. The van der Waals surface area contributed by atoms with Gasteiger partial charge in [-0.1, -0.05) is 37.6 Å². The molecule has 0 radical (unpaired) electrons. The minimum Gasteiger partial charge on any atom is -0.463 e. The molecule has 0 aromatic heterocycles. The van der Waals surface area contributed by atoms with Crippen molar-refractivity contribution in [3.8, 4) is 0 Å². The Bertz CT molecular complexity index is 684. The molecule has 26 heavy (non-hydrogen) atoms. The fraction of sp³-hybridized carbons (Fsp3) is 0.474. The summed E-state index contributed by atoms with van der Waals surface area (Å²) in [6.45, 7) is 8.27. The molecule has 1 aliphatic heterocycles. The number of carbonyl (C=O) groups excluding carboxylic acids is 2. The van der Waals surface area contributed by atoms with Crippen molar-refractivity contribution in [1.29, 1.82) is 0 Å². The van der Waals surface area contributed by atoms with Crippen molar-refractivity contribution in [2.24, 2.45) is 0 Å². The number of nitrogens with zero attached hydrogens (tertiary/aromatic N) is 2.